The van der Waals surface area contributed by atoms with Crippen LogP contribution in [0.2, 0.25) is 0 Å². The van der Waals surface area contributed by atoms with E-state index in [9.17, 15) is 0 Å². The van der Waals surface area contributed by atoms with Crippen molar-refractivity contribution in [2.45, 2.75) is 37.1 Å². The van der Waals surface area contributed by atoms with E-state index in [0.29, 0.717) is 0 Å². The second-order valence-corrected chi connectivity index (χ2v) is 4.96. The number of tetrazole rings is 1. The van der Waals surface area contributed by atoms with Crippen LogP contribution in [0.25, 0.3) is 0 Å². The average Bonchev–Trinajstić information content (AvgIpc) is 2.85. The van der Waals surface area contributed by atoms with Gasteiger partial charge >= 0.3 is 0 Å². The molecule has 1 heterocycles. The Bertz CT molecular complexity index is 483. The van der Waals surface area contributed by atoms with Gasteiger partial charge in [-0.15, -0.1) is 16.9 Å². The summed E-state index contributed by atoms with van der Waals surface area (Å²) in [7, 11) is 0. The molecule has 0 spiro atoms. The number of thioether (sulfide) groups is 1. The molecule has 0 aliphatic rings. The van der Waals surface area contributed by atoms with Crippen LogP contribution < -0.4 is 0 Å². The first-order chi connectivity index (χ1) is 8.83. The van der Waals surface area contributed by atoms with E-state index in [1.54, 1.807) is 11.8 Å². The van der Waals surface area contributed by atoms with Crippen LogP contribution in [-0.4, -0.2) is 25.3 Å². The number of aliphatic hydroxyl groups excluding tert-OH is 1. The molecule has 0 saturated carbocycles. The van der Waals surface area contributed by atoms with E-state index in [1.807, 2.05) is 28.9 Å². The van der Waals surface area contributed by atoms with Gasteiger partial charge in [0.25, 0.3) is 0 Å². The van der Waals surface area contributed by atoms with Gasteiger partial charge in [-0.2, -0.15) is 0 Å². The van der Waals surface area contributed by atoms with Gasteiger partial charge in [-0.1, -0.05) is 19.1 Å². The monoisotopic (exact) mass is 264 g/mol. The van der Waals surface area contributed by atoms with Gasteiger partial charge in [0.15, 0.2) is 5.82 Å². The average molecular weight is 264 g/mol. The van der Waals surface area contributed by atoms with E-state index in [-0.39, 0.29) is 6.61 Å². The third-order valence-corrected chi connectivity index (χ3v) is 3.52. The van der Waals surface area contributed by atoms with Crippen LogP contribution in [0, 0.1) is 0 Å². The highest BCUT2D eigenvalue weighted by Gasteiger charge is 2.05. The Morgan fingerprint density at radius 1 is 1.28 bits per heavy atom. The first-order valence-corrected chi connectivity index (χ1v) is 6.89. The molecular formula is C12H16N4OS. The van der Waals surface area contributed by atoms with Crippen molar-refractivity contribution < 1.29 is 5.11 Å². The van der Waals surface area contributed by atoms with Crippen molar-refractivity contribution in [1.82, 2.24) is 20.2 Å². The Kier molecular flexibility index (Phi) is 4.72. The highest BCUT2D eigenvalue weighted by molar-refractivity contribution is 7.98. The molecule has 2 rings (SSSR count). The molecule has 0 saturated heterocycles. The highest BCUT2D eigenvalue weighted by atomic mass is 32.2. The highest BCUT2D eigenvalue weighted by Crippen LogP contribution is 2.22. The van der Waals surface area contributed by atoms with Gasteiger partial charge in [0.1, 0.15) is 0 Å². The van der Waals surface area contributed by atoms with E-state index >= 15 is 0 Å². The number of nitrogens with zero attached hydrogens (tertiary/aromatic N) is 4. The molecule has 2 aromatic rings. The van der Waals surface area contributed by atoms with Crippen LogP contribution in [0.4, 0.5) is 0 Å². The SMILES string of the molecule is CCCn1nnnc1CSc1ccc(CO)cc1. The lowest BCUT2D eigenvalue weighted by Crippen LogP contribution is -2.04. The van der Waals surface area contributed by atoms with E-state index in [1.165, 1.54) is 0 Å². The van der Waals surface area contributed by atoms with Gasteiger partial charge in [-0.3, -0.25) is 0 Å². The molecule has 0 atom stereocenters. The van der Waals surface area contributed by atoms with Gasteiger partial charge in [0, 0.05) is 11.4 Å². The number of aliphatic hydroxyl groups is 1. The second-order valence-electron chi connectivity index (χ2n) is 3.91. The number of benzene rings is 1. The van der Waals surface area contributed by atoms with E-state index in [0.717, 1.165) is 35.0 Å². The summed E-state index contributed by atoms with van der Waals surface area (Å²) in [6, 6.07) is 7.86. The molecule has 1 aromatic carbocycles. The zero-order valence-corrected chi connectivity index (χ0v) is 11.1. The maximum absolute atomic E-state index is 8.97. The van der Waals surface area contributed by atoms with Crippen molar-refractivity contribution in [2.75, 3.05) is 0 Å². The molecule has 0 fully saturated rings. The summed E-state index contributed by atoms with van der Waals surface area (Å²) in [4.78, 5) is 1.15. The van der Waals surface area contributed by atoms with Crippen molar-refractivity contribution in [3.63, 3.8) is 0 Å². The fraction of sp³-hybridized carbons (Fsp3) is 0.417. The molecule has 1 N–H and O–H groups in total. The Labute approximate surface area is 110 Å². The Morgan fingerprint density at radius 3 is 2.72 bits per heavy atom. The van der Waals surface area contributed by atoms with E-state index in [4.69, 9.17) is 5.11 Å². The molecule has 0 aliphatic heterocycles. The number of aryl methyl sites for hydroxylation is 1. The summed E-state index contributed by atoms with van der Waals surface area (Å²) in [5, 5.41) is 20.6. The van der Waals surface area contributed by atoms with Crippen LogP contribution in [0.3, 0.4) is 0 Å². The summed E-state index contributed by atoms with van der Waals surface area (Å²) in [5.74, 6) is 1.65. The molecule has 0 bridgehead atoms. The van der Waals surface area contributed by atoms with Gasteiger partial charge in [0.05, 0.1) is 12.4 Å². The molecule has 6 heteroatoms. The van der Waals surface area contributed by atoms with Crippen molar-refractivity contribution in [1.29, 1.82) is 0 Å². The van der Waals surface area contributed by atoms with Crippen molar-refractivity contribution in [3.8, 4) is 0 Å². The van der Waals surface area contributed by atoms with Crippen molar-refractivity contribution in [2.24, 2.45) is 0 Å². The predicted molar refractivity (Wildman–Crippen MR) is 70.0 cm³/mol. The third-order valence-electron chi connectivity index (χ3n) is 2.52. The molecule has 18 heavy (non-hydrogen) atoms. The second kappa shape index (κ2) is 6.51. The summed E-state index contributed by atoms with van der Waals surface area (Å²) in [6.07, 6.45) is 1.02. The molecule has 96 valence electrons. The van der Waals surface area contributed by atoms with Crippen LogP contribution in [0.15, 0.2) is 29.2 Å². The summed E-state index contributed by atoms with van der Waals surface area (Å²) < 4.78 is 1.84. The van der Waals surface area contributed by atoms with Gasteiger partial charge < -0.3 is 5.11 Å². The largest absolute Gasteiger partial charge is 0.392 e. The fourth-order valence-corrected chi connectivity index (χ4v) is 2.38. The predicted octanol–water partition coefficient (Wildman–Crippen LogP) is 1.87. The molecule has 0 unspecified atom stereocenters. The van der Waals surface area contributed by atoms with Gasteiger partial charge in [-0.05, 0) is 34.5 Å². The Morgan fingerprint density at radius 2 is 2.06 bits per heavy atom. The minimum absolute atomic E-state index is 0.0830. The first kappa shape index (κ1) is 13.0. The Balaban J connectivity index is 1.95. The number of hydrogen-bond acceptors (Lipinski definition) is 5. The third kappa shape index (κ3) is 3.30. The summed E-state index contributed by atoms with van der Waals surface area (Å²) >= 11 is 1.69. The normalized spacial score (nSPS) is 10.8. The quantitative estimate of drug-likeness (QED) is 0.807. The van der Waals surface area contributed by atoms with Gasteiger partial charge in [0.2, 0.25) is 0 Å². The molecule has 0 aliphatic carbocycles. The number of aromatic nitrogens is 4. The topological polar surface area (TPSA) is 63.8 Å². The van der Waals surface area contributed by atoms with Crippen LogP contribution >= 0.6 is 11.8 Å². The van der Waals surface area contributed by atoms with E-state index < -0.39 is 0 Å². The minimum atomic E-state index is 0.0830. The zero-order valence-electron chi connectivity index (χ0n) is 10.3. The molecule has 5 nitrogen and oxygen atoms in total. The van der Waals surface area contributed by atoms with Crippen molar-refractivity contribution in [3.05, 3.63) is 35.7 Å². The lowest BCUT2D eigenvalue weighted by molar-refractivity contribution is 0.282. The smallest absolute Gasteiger partial charge is 0.161 e. The maximum Gasteiger partial charge on any atom is 0.161 e. The Hall–Kier alpha value is -1.40. The maximum atomic E-state index is 8.97. The van der Waals surface area contributed by atoms with Crippen LogP contribution in [0.5, 0.6) is 0 Å². The van der Waals surface area contributed by atoms with Crippen LogP contribution in [0.1, 0.15) is 24.7 Å². The van der Waals surface area contributed by atoms with Crippen molar-refractivity contribution >= 4 is 11.8 Å². The van der Waals surface area contributed by atoms with Gasteiger partial charge in [-0.25, -0.2) is 4.68 Å². The molecule has 0 amide bonds. The lowest BCUT2D eigenvalue weighted by Gasteiger charge is -2.03. The fourth-order valence-electron chi connectivity index (χ4n) is 1.55. The molecular weight excluding hydrogens is 248 g/mol. The standard InChI is InChI=1S/C12H16N4OS/c1-2-7-16-12(13-14-15-16)9-18-11-5-3-10(8-17)4-6-11/h3-6,17H,2,7-9H2,1H3. The zero-order chi connectivity index (χ0) is 12.8. The lowest BCUT2D eigenvalue weighted by atomic mass is 10.2. The molecule has 1 aromatic heterocycles. The van der Waals surface area contributed by atoms with Crippen LogP contribution in [-0.2, 0) is 18.9 Å². The molecule has 0 radical (unpaired) electrons. The number of rotatable bonds is 6. The first-order valence-electron chi connectivity index (χ1n) is 5.91. The summed E-state index contributed by atoms with van der Waals surface area (Å²) in [6.45, 7) is 3.04. The minimum Gasteiger partial charge on any atom is -0.392 e. The number of hydrogen-bond donors (Lipinski definition) is 1. The summed E-state index contributed by atoms with van der Waals surface area (Å²) in [5.41, 5.74) is 0.926. The van der Waals surface area contributed by atoms with E-state index in [2.05, 4.69) is 22.4 Å².